The van der Waals surface area contributed by atoms with E-state index >= 15 is 0 Å². The third kappa shape index (κ3) is 3.76. The number of fused-ring (bicyclic) bond motifs is 1. The van der Waals surface area contributed by atoms with Crippen LogP contribution in [0.25, 0.3) is 10.9 Å². The molecule has 0 fully saturated rings. The second-order valence-electron chi connectivity index (χ2n) is 4.88. The van der Waals surface area contributed by atoms with Crippen molar-refractivity contribution in [2.45, 2.75) is 13.3 Å². The number of carbonyl (C=O) groups is 2. The van der Waals surface area contributed by atoms with Crippen molar-refractivity contribution in [2.75, 3.05) is 7.05 Å². The summed E-state index contributed by atoms with van der Waals surface area (Å²) in [6.07, 6.45) is 3.34. The molecule has 7 nitrogen and oxygen atoms in total. The summed E-state index contributed by atoms with van der Waals surface area (Å²) in [7, 11) is 1.52. The Morgan fingerprint density at radius 1 is 1.30 bits per heavy atom. The van der Waals surface area contributed by atoms with Crippen molar-refractivity contribution in [2.24, 2.45) is 10.7 Å². The van der Waals surface area contributed by atoms with Crippen LogP contribution in [-0.2, 0) is 11.2 Å². The van der Waals surface area contributed by atoms with Crippen molar-refractivity contribution in [3.63, 3.8) is 0 Å². The van der Waals surface area contributed by atoms with E-state index in [9.17, 15) is 9.59 Å². The van der Waals surface area contributed by atoms with Crippen LogP contribution < -0.4 is 16.6 Å². The van der Waals surface area contributed by atoms with Crippen LogP contribution in [0.15, 0.2) is 41.0 Å². The van der Waals surface area contributed by atoms with Crippen molar-refractivity contribution in [3.8, 4) is 0 Å². The van der Waals surface area contributed by atoms with Crippen molar-refractivity contribution in [3.05, 3.63) is 47.3 Å². The molecule has 2 rings (SSSR count). The summed E-state index contributed by atoms with van der Waals surface area (Å²) < 4.78 is 0. The fourth-order valence-electron chi connectivity index (χ4n) is 2.09. The Morgan fingerprint density at radius 2 is 2.09 bits per heavy atom. The number of carbonyl (C=O) groups excluding carboxylic acids is 2. The first-order valence-electron chi connectivity index (χ1n) is 7.15. The van der Waals surface area contributed by atoms with E-state index in [0.717, 1.165) is 23.5 Å². The lowest BCUT2D eigenvalue weighted by Gasteiger charge is -2.06. The summed E-state index contributed by atoms with van der Waals surface area (Å²) in [6.45, 7) is 2.07. The number of amides is 2. The van der Waals surface area contributed by atoms with Crippen LogP contribution in [0.1, 0.15) is 23.0 Å². The number of rotatable bonds is 4. The predicted molar refractivity (Wildman–Crippen MR) is 90.0 cm³/mol. The highest BCUT2D eigenvalue weighted by Crippen LogP contribution is 2.17. The molecule has 1 heterocycles. The van der Waals surface area contributed by atoms with Crippen molar-refractivity contribution < 1.29 is 9.59 Å². The van der Waals surface area contributed by atoms with E-state index in [2.05, 4.69) is 27.8 Å². The molecule has 120 valence electrons. The number of benzene rings is 1. The van der Waals surface area contributed by atoms with Crippen molar-refractivity contribution >= 4 is 28.9 Å². The number of aromatic nitrogens is 1. The molecule has 0 atom stereocenters. The fourth-order valence-corrected chi connectivity index (χ4v) is 2.09. The van der Waals surface area contributed by atoms with Crippen LogP contribution in [0.3, 0.4) is 0 Å². The standard InChI is InChI=1S/C16H19N5O2/c1-3-10-4-5-13-11(6-10)7-14(19-13)16(23)21-20-15(22)12(8-17)9-18-2/h4-9,19H,3,17H2,1-2H3,(H,20,22)(H,21,23)/b12-8+,18-9?. The van der Waals surface area contributed by atoms with Gasteiger partial charge in [0.25, 0.3) is 11.8 Å². The van der Waals surface area contributed by atoms with E-state index < -0.39 is 11.8 Å². The van der Waals surface area contributed by atoms with Gasteiger partial charge in [0.15, 0.2) is 0 Å². The van der Waals surface area contributed by atoms with Crippen LogP contribution in [0.2, 0.25) is 0 Å². The number of hydrogen-bond donors (Lipinski definition) is 4. The zero-order chi connectivity index (χ0) is 16.8. The lowest BCUT2D eigenvalue weighted by Crippen LogP contribution is -2.42. The Hall–Kier alpha value is -3.09. The Balaban J connectivity index is 2.07. The van der Waals surface area contributed by atoms with Crippen LogP contribution in [0, 0.1) is 0 Å². The molecular formula is C16H19N5O2. The number of hydrazine groups is 1. The van der Waals surface area contributed by atoms with Gasteiger partial charge in [-0.15, -0.1) is 0 Å². The molecule has 0 aliphatic heterocycles. The number of nitrogens with one attached hydrogen (secondary N) is 3. The molecule has 0 unspecified atom stereocenters. The van der Waals surface area contributed by atoms with E-state index in [1.807, 2.05) is 18.2 Å². The first-order chi connectivity index (χ1) is 11.1. The number of aliphatic imine (C=N–C) groups is 1. The van der Waals surface area contributed by atoms with Gasteiger partial charge in [0.05, 0.1) is 5.57 Å². The summed E-state index contributed by atoms with van der Waals surface area (Å²) in [4.78, 5) is 30.6. The van der Waals surface area contributed by atoms with Gasteiger partial charge in [-0.25, -0.2) is 0 Å². The molecule has 2 amide bonds. The summed E-state index contributed by atoms with van der Waals surface area (Å²) in [6, 6.07) is 7.69. The molecular weight excluding hydrogens is 294 g/mol. The molecule has 0 aliphatic carbocycles. The number of hydrogen-bond acceptors (Lipinski definition) is 4. The predicted octanol–water partition coefficient (Wildman–Crippen LogP) is 1.03. The van der Waals surface area contributed by atoms with Gasteiger partial charge < -0.3 is 10.7 Å². The number of nitrogens with two attached hydrogens (primary N) is 1. The number of aromatic amines is 1. The summed E-state index contributed by atoms with van der Waals surface area (Å²) in [5, 5.41) is 0.946. The molecule has 23 heavy (non-hydrogen) atoms. The lowest BCUT2D eigenvalue weighted by molar-refractivity contribution is -0.117. The quantitative estimate of drug-likeness (QED) is 0.384. The van der Waals surface area contributed by atoms with Crippen molar-refractivity contribution in [1.29, 1.82) is 0 Å². The molecule has 0 aliphatic rings. The summed E-state index contributed by atoms with van der Waals surface area (Å²) in [5.41, 5.74) is 12.5. The van der Waals surface area contributed by atoms with Crippen LogP contribution in [0.4, 0.5) is 0 Å². The van der Waals surface area contributed by atoms with Gasteiger partial charge >= 0.3 is 0 Å². The van der Waals surface area contributed by atoms with Gasteiger partial charge in [-0.3, -0.25) is 25.4 Å². The number of aryl methyl sites for hydroxylation is 1. The zero-order valence-electron chi connectivity index (χ0n) is 13.0. The minimum Gasteiger partial charge on any atom is -0.404 e. The molecule has 7 heteroatoms. The smallest absolute Gasteiger partial charge is 0.286 e. The molecule has 2 aromatic rings. The van der Waals surface area contributed by atoms with Gasteiger partial charge in [-0.2, -0.15) is 0 Å². The van der Waals surface area contributed by atoms with E-state index in [0.29, 0.717) is 5.69 Å². The van der Waals surface area contributed by atoms with Gasteiger partial charge in [0, 0.05) is 30.4 Å². The Morgan fingerprint density at radius 3 is 2.74 bits per heavy atom. The maximum atomic E-state index is 12.1. The molecule has 0 bridgehead atoms. The van der Waals surface area contributed by atoms with E-state index in [1.165, 1.54) is 18.8 Å². The Bertz CT molecular complexity index is 789. The Kier molecular flexibility index (Phi) is 5.14. The molecule has 0 saturated carbocycles. The topological polar surface area (TPSA) is 112 Å². The van der Waals surface area contributed by atoms with E-state index in [4.69, 9.17) is 5.73 Å². The fraction of sp³-hybridized carbons (Fsp3) is 0.188. The average molecular weight is 313 g/mol. The molecule has 1 aromatic heterocycles. The van der Waals surface area contributed by atoms with Gasteiger partial charge in [-0.05, 0) is 30.2 Å². The maximum absolute atomic E-state index is 12.1. The summed E-state index contributed by atoms with van der Waals surface area (Å²) in [5.74, 6) is -0.992. The highest BCUT2D eigenvalue weighted by Gasteiger charge is 2.12. The third-order valence-corrected chi connectivity index (χ3v) is 3.34. The van der Waals surface area contributed by atoms with E-state index in [1.54, 1.807) is 6.07 Å². The highest BCUT2D eigenvalue weighted by molar-refractivity contribution is 6.12. The molecule has 1 aromatic carbocycles. The number of H-pyrrole nitrogens is 1. The first kappa shape index (κ1) is 16.3. The second kappa shape index (κ2) is 7.26. The van der Waals surface area contributed by atoms with Crippen LogP contribution >= 0.6 is 0 Å². The van der Waals surface area contributed by atoms with Crippen LogP contribution in [-0.4, -0.2) is 30.1 Å². The normalized spacial score (nSPS) is 11.8. The van der Waals surface area contributed by atoms with Gasteiger partial charge in [0.1, 0.15) is 5.69 Å². The lowest BCUT2D eigenvalue weighted by atomic mass is 10.1. The van der Waals surface area contributed by atoms with Crippen molar-refractivity contribution in [1.82, 2.24) is 15.8 Å². The van der Waals surface area contributed by atoms with E-state index in [-0.39, 0.29) is 5.57 Å². The second-order valence-corrected chi connectivity index (χ2v) is 4.88. The van der Waals surface area contributed by atoms with Crippen LogP contribution in [0.5, 0.6) is 0 Å². The van der Waals surface area contributed by atoms with Gasteiger partial charge in [-0.1, -0.05) is 13.0 Å². The summed E-state index contributed by atoms with van der Waals surface area (Å²) >= 11 is 0. The Labute approximate surface area is 133 Å². The largest absolute Gasteiger partial charge is 0.404 e. The monoisotopic (exact) mass is 313 g/mol. The van der Waals surface area contributed by atoms with Gasteiger partial charge in [0.2, 0.25) is 0 Å². The highest BCUT2D eigenvalue weighted by atomic mass is 16.2. The average Bonchev–Trinajstić information content (AvgIpc) is 3.00. The molecule has 0 radical (unpaired) electrons. The maximum Gasteiger partial charge on any atom is 0.286 e. The minimum atomic E-state index is -0.546. The number of nitrogens with zero attached hydrogens (tertiary/aromatic N) is 1. The molecule has 0 spiro atoms. The molecule has 0 saturated heterocycles. The minimum absolute atomic E-state index is 0.150. The molecule has 5 N–H and O–H groups in total. The SMILES string of the molecule is CCc1ccc2[nH]c(C(=O)NNC(=O)/C(C=NC)=C/N)cc2c1. The first-order valence-corrected chi connectivity index (χ1v) is 7.15. The zero-order valence-corrected chi connectivity index (χ0v) is 13.0. The third-order valence-electron chi connectivity index (χ3n) is 3.34.